The van der Waals surface area contributed by atoms with Gasteiger partial charge in [0, 0.05) is 29.6 Å². The van der Waals surface area contributed by atoms with Crippen molar-refractivity contribution in [3.8, 4) is 0 Å². The Labute approximate surface area is 140 Å². The van der Waals surface area contributed by atoms with E-state index in [4.69, 9.17) is 4.74 Å². The van der Waals surface area contributed by atoms with Crippen LogP contribution in [0.1, 0.15) is 46.6 Å². The Morgan fingerprint density at radius 3 is 3.17 bits per heavy atom. The van der Waals surface area contributed by atoms with Crippen molar-refractivity contribution in [1.82, 2.24) is 10.3 Å². The highest BCUT2D eigenvalue weighted by Gasteiger charge is 2.47. The summed E-state index contributed by atoms with van der Waals surface area (Å²) in [5, 5.41) is 4.25. The van der Waals surface area contributed by atoms with E-state index in [1.165, 1.54) is 29.7 Å². The molecule has 0 unspecified atom stereocenters. The number of thiophene rings is 1. The molecule has 4 nitrogen and oxygen atoms in total. The van der Waals surface area contributed by atoms with Crippen molar-refractivity contribution in [2.75, 3.05) is 13.2 Å². The van der Waals surface area contributed by atoms with E-state index in [9.17, 15) is 4.79 Å². The van der Waals surface area contributed by atoms with E-state index in [2.05, 4.69) is 23.3 Å². The monoisotopic (exact) mass is 330 g/mol. The van der Waals surface area contributed by atoms with Gasteiger partial charge in [0.05, 0.1) is 11.0 Å². The van der Waals surface area contributed by atoms with Crippen LogP contribution >= 0.6 is 11.3 Å². The van der Waals surface area contributed by atoms with E-state index >= 15 is 0 Å². The molecule has 4 rings (SSSR count). The minimum Gasteiger partial charge on any atom is -0.378 e. The molecule has 1 saturated carbocycles. The van der Waals surface area contributed by atoms with E-state index < -0.39 is 0 Å². The Bertz CT molecular complexity index is 758. The molecule has 1 aliphatic heterocycles. The topological polar surface area (TPSA) is 51.2 Å². The number of ether oxygens (including phenoxy) is 1. The van der Waals surface area contributed by atoms with Gasteiger partial charge >= 0.3 is 0 Å². The van der Waals surface area contributed by atoms with Gasteiger partial charge in [-0.1, -0.05) is 6.42 Å². The third-order valence-corrected chi connectivity index (χ3v) is 6.44. The first-order chi connectivity index (χ1) is 11.1. The average Bonchev–Trinajstić information content (AvgIpc) is 3.17. The predicted molar refractivity (Wildman–Crippen MR) is 92.1 cm³/mol. The number of pyridine rings is 1. The molecular formula is C18H22N2O2S. The largest absolute Gasteiger partial charge is 0.378 e. The maximum Gasteiger partial charge on any atom is 0.261 e. The van der Waals surface area contributed by atoms with Crippen LogP contribution in [0.25, 0.3) is 10.2 Å². The van der Waals surface area contributed by atoms with Gasteiger partial charge in [0.25, 0.3) is 5.91 Å². The lowest BCUT2D eigenvalue weighted by molar-refractivity contribution is 0.0670. The molecule has 2 atom stereocenters. The number of hydrogen-bond acceptors (Lipinski definition) is 4. The lowest BCUT2D eigenvalue weighted by Gasteiger charge is -2.27. The Balaban J connectivity index is 1.52. The highest BCUT2D eigenvalue weighted by molar-refractivity contribution is 7.20. The van der Waals surface area contributed by atoms with Crippen molar-refractivity contribution in [3.63, 3.8) is 0 Å². The van der Waals surface area contributed by atoms with Crippen molar-refractivity contribution in [3.05, 3.63) is 28.3 Å². The van der Waals surface area contributed by atoms with Crippen LogP contribution in [0.5, 0.6) is 0 Å². The Kier molecular flexibility index (Phi) is 3.65. The fourth-order valence-electron chi connectivity index (χ4n) is 4.13. The smallest absolute Gasteiger partial charge is 0.261 e. The number of rotatable bonds is 3. The second-order valence-electron chi connectivity index (χ2n) is 6.96. The first-order valence-corrected chi connectivity index (χ1v) is 9.17. The van der Waals surface area contributed by atoms with Crippen LogP contribution < -0.4 is 5.32 Å². The lowest BCUT2D eigenvalue weighted by Crippen LogP contribution is -2.39. The molecule has 23 heavy (non-hydrogen) atoms. The molecule has 3 heterocycles. The van der Waals surface area contributed by atoms with Crippen molar-refractivity contribution >= 4 is 27.5 Å². The Morgan fingerprint density at radius 1 is 1.43 bits per heavy atom. The number of aromatic nitrogens is 1. The summed E-state index contributed by atoms with van der Waals surface area (Å²) in [7, 11) is 0. The zero-order valence-electron chi connectivity index (χ0n) is 13.6. The summed E-state index contributed by atoms with van der Waals surface area (Å²) in [6, 6.07) is 4.04. The summed E-state index contributed by atoms with van der Waals surface area (Å²) in [5.41, 5.74) is 2.36. The van der Waals surface area contributed by atoms with E-state index in [1.54, 1.807) is 0 Å². The number of aryl methyl sites for hydroxylation is 2. The highest BCUT2D eigenvalue weighted by atomic mass is 32.1. The molecule has 122 valence electrons. The second-order valence-corrected chi connectivity index (χ2v) is 7.99. The van der Waals surface area contributed by atoms with Gasteiger partial charge in [0.2, 0.25) is 0 Å². The molecule has 1 saturated heterocycles. The fourth-order valence-corrected chi connectivity index (χ4v) is 5.20. The van der Waals surface area contributed by atoms with Gasteiger partial charge in [-0.05, 0) is 50.8 Å². The molecule has 2 aliphatic rings. The van der Waals surface area contributed by atoms with E-state index in [0.717, 1.165) is 46.8 Å². The summed E-state index contributed by atoms with van der Waals surface area (Å²) in [4.78, 5) is 18.8. The first kappa shape index (κ1) is 15.1. The minimum absolute atomic E-state index is 0.0250. The summed E-state index contributed by atoms with van der Waals surface area (Å²) >= 11 is 1.48. The van der Waals surface area contributed by atoms with Crippen LogP contribution in [0.15, 0.2) is 12.1 Å². The van der Waals surface area contributed by atoms with E-state index in [0.29, 0.717) is 6.10 Å². The first-order valence-electron chi connectivity index (χ1n) is 8.35. The number of carbonyl (C=O) groups excluding carboxylic acids is 1. The van der Waals surface area contributed by atoms with Crippen LogP contribution in [0.4, 0.5) is 0 Å². The number of hydrogen-bond donors (Lipinski definition) is 1. The van der Waals surface area contributed by atoms with Crippen LogP contribution in [-0.4, -0.2) is 30.1 Å². The van der Waals surface area contributed by atoms with Gasteiger partial charge in [-0.3, -0.25) is 4.79 Å². The van der Waals surface area contributed by atoms with Crippen LogP contribution in [0.3, 0.4) is 0 Å². The maximum atomic E-state index is 12.6. The third kappa shape index (κ3) is 2.56. The van der Waals surface area contributed by atoms with E-state index in [-0.39, 0.29) is 11.3 Å². The van der Waals surface area contributed by atoms with Gasteiger partial charge in [-0.25, -0.2) is 4.98 Å². The molecule has 0 radical (unpaired) electrons. The van der Waals surface area contributed by atoms with Crippen molar-refractivity contribution < 1.29 is 9.53 Å². The summed E-state index contributed by atoms with van der Waals surface area (Å²) in [5.74, 6) is 0.0250. The molecule has 5 heteroatoms. The van der Waals surface area contributed by atoms with Crippen molar-refractivity contribution in [2.24, 2.45) is 5.41 Å². The van der Waals surface area contributed by atoms with Gasteiger partial charge < -0.3 is 10.1 Å². The number of carbonyl (C=O) groups is 1. The quantitative estimate of drug-likeness (QED) is 0.935. The zero-order valence-corrected chi connectivity index (χ0v) is 14.5. The molecule has 2 aromatic rings. The Hall–Kier alpha value is -1.46. The molecular weight excluding hydrogens is 308 g/mol. The summed E-state index contributed by atoms with van der Waals surface area (Å²) in [6.45, 7) is 5.64. The number of amides is 1. The van der Waals surface area contributed by atoms with Gasteiger partial charge in [0.15, 0.2) is 0 Å². The standard InChI is InChI=1S/C18H22N2O2S/c1-11-8-12(2)20-17-13(11)9-14(23-17)16(21)19-10-18-5-3-4-15(18)22-7-6-18/h8-9,15H,3-7,10H2,1-2H3,(H,19,21)/t15-,18-/m1/s1. The molecule has 0 aromatic carbocycles. The molecule has 0 spiro atoms. The third-order valence-electron chi connectivity index (χ3n) is 5.41. The molecule has 2 fully saturated rings. The fraction of sp³-hybridized carbons (Fsp3) is 0.556. The van der Waals surface area contributed by atoms with E-state index in [1.807, 2.05) is 13.0 Å². The zero-order chi connectivity index (χ0) is 16.0. The Morgan fingerprint density at radius 2 is 2.30 bits per heavy atom. The van der Waals surface area contributed by atoms with Crippen LogP contribution in [0.2, 0.25) is 0 Å². The summed E-state index contributed by atoms with van der Waals surface area (Å²) < 4.78 is 5.84. The van der Waals surface area contributed by atoms with Crippen molar-refractivity contribution in [2.45, 2.75) is 45.6 Å². The lowest BCUT2D eigenvalue weighted by atomic mass is 9.83. The molecule has 1 amide bonds. The summed E-state index contributed by atoms with van der Waals surface area (Å²) in [6.07, 6.45) is 4.94. The molecule has 1 aliphatic carbocycles. The number of nitrogens with zero attached hydrogens (tertiary/aromatic N) is 1. The SMILES string of the molecule is Cc1cc(C)c2cc(C(=O)NC[C@]34CCC[C@H]3OCC4)sc2n1. The molecule has 1 N–H and O–H groups in total. The molecule has 2 aromatic heterocycles. The normalized spacial score (nSPS) is 26.6. The highest BCUT2D eigenvalue weighted by Crippen LogP contribution is 2.46. The second kappa shape index (κ2) is 5.56. The van der Waals surface area contributed by atoms with Crippen LogP contribution in [0, 0.1) is 19.3 Å². The molecule has 0 bridgehead atoms. The van der Waals surface area contributed by atoms with Gasteiger partial charge in [-0.2, -0.15) is 0 Å². The minimum atomic E-state index is 0.0250. The van der Waals surface area contributed by atoms with Gasteiger partial charge in [0.1, 0.15) is 4.83 Å². The number of nitrogens with one attached hydrogen (secondary N) is 1. The number of fused-ring (bicyclic) bond motifs is 2. The van der Waals surface area contributed by atoms with Gasteiger partial charge in [-0.15, -0.1) is 11.3 Å². The van der Waals surface area contributed by atoms with Crippen molar-refractivity contribution in [1.29, 1.82) is 0 Å². The maximum absolute atomic E-state index is 12.6. The van der Waals surface area contributed by atoms with Crippen LogP contribution in [-0.2, 0) is 4.74 Å². The average molecular weight is 330 g/mol. The predicted octanol–water partition coefficient (Wildman–Crippen LogP) is 3.60.